The Morgan fingerprint density at radius 1 is 0.947 bits per heavy atom. The molecule has 0 spiro atoms. The van der Waals surface area contributed by atoms with Crippen LogP contribution in [0.4, 0.5) is 0 Å². The molecule has 0 amide bonds. The molecule has 6 heteroatoms. The van der Waals surface area contributed by atoms with Crippen LogP contribution < -0.4 is 0 Å². The van der Waals surface area contributed by atoms with Crippen LogP contribution >= 0.6 is 43.5 Å². The van der Waals surface area contributed by atoms with Crippen LogP contribution in [-0.4, -0.2) is 25.5 Å². The Balaban J connectivity index is 5.99. The van der Waals surface area contributed by atoms with E-state index in [0.717, 1.165) is 0 Å². The van der Waals surface area contributed by atoms with E-state index in [2.05, 4.69) is 45.0 Å². The van der Waals surface area contributed by atoms with Gasteiger partial charge in [0.25, 0.3) is 0 Å². The molecule has 0 N–H and O–H groups in total. The van der Waals surface area contributed by atoms with Gasteiger partial charge in [0.2, 0.25) is 5.24 Å². The Bertz CT molecular complexity index is 421. The molecular weight excluding hydrogens is 399 g/mol. The van der Waals surface area contributed by atoms with Gasteiger partial charge < -0.3 is 0 Å². The number of rotatable bonds is 7. The predicted octanol–water partition coefficient (Wildman–Crippen LogP) is 3.58. The molecule has 0 aromatic rings. The monoisotopic (exact) mass is 412 g/mol. The van der Waals surface area contributed by atoms with Crippen LogP contribution in [0.1, 0.15) is 20.8 Å². The third-order valence-electron chi connectivity index (χ3n) is 2.96. The minimum absolute atomic E-state index is 0.674. The highest BCUT2D eigenvalue weighted by molar-refractivity contribution is 9.10. The average Bonchev–Trinajstić information content (AvgIpc) is 2.35. The fourth-order valence-electron chi connectivity index (χ4n) is 1.44. The van der Waals surface area contributed by atoms with Gasteiger partial charge in [-0.3, -0.25) is 14.4 Å². The molecular formula is C13H15Br2ClO3. The first kappa shape index (κ1) is 18.7. The summed E-state index contributed by atoms with van der Waals surface area (Å²) >= 11 is 11.8. The zero-order valence-electron chi connectivity index (χ0n) is 10.9. The van der Waals surface area contributed by atoms with E-state index in [0.29, 0.717) is 0 Å². The van der Waals surface area contributed by atoms with Crippen molar-refractivity contribution in [3.8, 4) is 0 Å². The lowest BCUT2D eigenvalue weighted by Crippen LogP contribution is -2.54. The number of hydrogen-bond acceptors (Lipinski definition) is 3. The summed E-state index contributed by atoms with van der Waals surface area (Å²) in [5.74, 6) is -1.35. The summed E-state index contributed by atoms with van der Waals surface area (Å²) in [5, 5.41) is -1.04. The molecule has 2 atom stereocenters. The van der Waals surface area contributed by atoms with Crippen LogP contribution in [0, 0.1) is 5.41 Å². The van der Waals surface area contributed by atoms with E-state index in [-0.39, 0.29) is 0 Å². The average molecular weight is 415 g/mol. The van der Waals surface area contributed by atoms with Crippen molar-refractivity contribution < 1.29 is 14.4 Å². The highest BCUT2D eigenvalue weighted by atomic mass is 79.9. The molecule has 0 aromatic heterocycles. The molecule has 0 heterocycles. The number of hydrogen-bond donors (Lipinski definition) is 0. The summed E-state index contributed by atoms with van der Waals surface area (Å²) in [6, 6.07) is 0. The summed E-state index contributed by atoms with van der Waals surface area (Å²) in [4.78, 5) is 36.6. The summed E-state index contributed by atoms with van der Waals surface area (Å²) < 4.78 is -2.46. The first-order valence-electron chi connectivity index (χ1n) is 5.32. The van der Waals surface area contributed by atoms with Crippen LogP contribution in [-0.2, 0) is 14.4 Å². The van der Waals surface area contributed by atoms with E-state index in [1.165, 1.54) is 32.9 Å². The Kier molecular flexibility index (Phi) is 5.94. The molecule has 0 aliphatic heterocycles. The second kappa shape index (κ2) is 6.02. The van der Waals surface area contributed by atoms with Crippen molar-refractivity contribution in [2.45, 2.75) is 29.4 Å². The summed E-state index contributed by atoms with van der Waals surface area (Å²) in [5.41, 5.74) is -2.00. The Morgan fingerprint density at radius 3 is 1.37 bits per heavy atom. The highest BCUT2D eigenvalue weighted by Gasteiger charge is 2.56. The lowest BCUT2D eigenvalue weighted by Gasteiger charge is -2.33. The molecule has 0 saturated heterocycles. The molecule has 0 bridgehead atoms. The van der Waals surface area contributed by atoms with Crippen molar-refractivity contribution in [1.29, 1.82) is 0 Å². The largest absolute Gasteiger partial charge is 0.296 e. The van der Waals surface area contributed by atoms with Gasteiger partial charge in [0.1, 0.15) is 8.65 Å². The van der Waals surface area contributed by atoms with Gasteiger partial charge in [-0.05, 0) is 32.4 Å². The van der Waals surface area contributed by atoms with E-state index >= 15 is 0 Å². The van der Waals surface area contributed by atoms with Crippen LogP contribution in [0.2, 0.25) is 0 Å². The standard InChI is InChI=1S/C13H15Br2ClO3/c1-6-11(3,14)8(17)13(5,10(16)19)9(18)12(4,15)7-2/h6-7H,1-2H2,3-5H3. The molecule has 0 aliphatic rings. The maximum Gasteiger partial charge on any atom is 0.242 e. The van der Waals surface area contributed by atoms with Crippen molar-refractivity contribution in [3.63, 3.8) is 0 Å². The highest BCUT2D eigenvalue weighted by Crippen LogP contribution is 2.39. The van der Waals surface area contributed by atoms with E-state index in [4.69, 9.17) is 11.6 Å². The van der Waals surface area contributed by atoms with Crippen molar-refractivity contribution in [2.24, 2.45) is 5.41 Å². The van der Waals surface area contributed by atoms with Crippen LogP contribution in [0.3, 0.4) is 0 Å². The van der Waals surface area contributed by atoms with Crippen molar-refractivity contribution in [1.82, 2.24) is 0 Å². The van der Waals surface area contributed by atoms with Gasteiger partial charge in [0.15, 0.2) is 17.0 Å². The van der Waals surface area contributed by atoms with Crippen LogP contribution in [0.5, 0.6) is 0 Å². The minimum atomic E-state index is -2.00. The fraction of sp³-hybridized carbons (Fsp3) is 0.462. The molecule has 19 heavy (non-hydrogen) atoms. The molecule has 0 aliphatic carbocycles. The van der Waals surface area contributed by atoms with Gasteiger partial charge >= 0.3 is 0 Å². The van der Waals surface area contributed by atoms with Crippen LogP contribution in [0.15, 0.2) is 25.3 Å². The Labute approximate surface area is 134 Å². The van der Waals surface area contributed by atoms with Gasteiger partial charge in [0.05, 0.1) is 0 Å². The zero-order valence-corrected chi connectivity index (χ0v) is 14.9. The van der Waals surface area contributed by atoms with E-state index in [1.54, 1.807) is 0 Å². The number of Topliss-reactive ketones (excluding diaryl/α,β-unsaturated/α-hetero) is 2. The smallest absolute Gasteiger partial charge is 0.242 e. The second-order valence-electron chi connectivity index (χ2n) is 4.62. The maximum atomic E-state index is 12.5. The second-order valence-corrected chi connectivity index (χ2v) is 8.25. The third kappa shape index (κ3) is 3.44. The SMILES string of the molecule is C=CC(C)(Br)C(=O)C(C)(C(=O)Cl)C(=O)C(C)(Br)C=C. The summed E-state index contributed by atoms with van der Waals surface area (Å²) in [6.45, 7) is 11.2. The number of allylic oxidation sites excluding steroid dienone is 2. The molecule has 0 rings (SSSR count). The lowest BCUT2D eigenvalue weighted by atomic mass is 9.73. The van der Waals surface area contributed by atoms with Gasteiger partial charge in [-0.2, -0.15) is 0 Å². The van der Waals surface area contributed by atoms with Gasteiger partial charge in [-0.1, -0.05) is 44.0 Å². The van der Waals surface area contributed by atoms with Crippen molar-refractivity contribution in [3.05, 3.63) is 25.3 Å². The van der Waals surface area contributed by atoms with E-state index in [1.807, 2.05) is 0 Å². The number of carbonyl (C=O) groups is 3. The predicted molar refractivity (Wildman–Crippen MR) is 84.0 cm³/mol. The van der Waals surface area contributed by atoms with Gasteiger partial charge in [0, 0.05) is 0 Å². The minimum Gasteiger partial charge on any atom is -0.296 e. The first-order chi connectivity index (χ1) is 8.37. The fourth-order valence-corrected chi connectivity index (χ4v) is 2.41. The molecule has 106 valence electrons. The van der Waals surface area contributed by atoms with Gasteiger partial charge in [-0.15, -0.1) is 13.2 Å². The molecule has 3 nitrogen and oxygen atoms in total. The molecule has 2 unspecified atom stereocenters. The number of alkyl halides is 2. The van der Waals surface area contributed by atoms with Crippen molar-refractivity contribution in [2.75, 3.05) is 0 Å². The molecule has 0 radical (unpaired) electrons. The number of carbonyl (C=O) groups excluding carboxylic acids is 3. The number of halogens is 3. The van der Waals surface area contributed by atoms with Gasteiger partial charge in [-0.25, -0.2) is 0 Å². The molecule has 0 aromatic carbocycles. The Morgan fingerprint density at radius 2 is 1.21 bits per heavy atom. The molecule has 0 saturated carbocycles. The third-order valence-corrected chi connectivity index (χ3v) is 4.70. The Hall–Kier alpha value is -0.260. The quantitative estimate of drug-likeness (QED) is 0.277. The number of ketones is 2. The first-order valence-corrected chi connectivity index (χ1v) is 7.29. The normalized spacial score (nSPS) is 20.3. The van der Waals surface area contributed by atoms with Crippen molar-refractivity contribution >= 4 is 60.3 Å². The lowest BCUT2D eigenvalue weighted by molar-refractivity contribution is -0.145. The zero-order chi connectivity index (χ0) is 15.6. The van der Waals surface area contributed by atoms with Crippen LogP contribution in [0.25, 0.3) is 0 Å². The van der Waals surface area contributed by atoms with E-state index < -0.39 is 30.9 Å². The van der Waals surface area contributed by atoms with E-state index in [9.17, 15) is 14.4 Å². The molecule has 0 fully saturated rings. The summed E-state index contributed by atoms with van der Waals surface area (Å²) in [6.07, 6.45) is 2.61. The topological polar surface area (TPSA) is 51.2 Å². The maximum absolute atomic E-state index is 12.5. The summed E-state index contributed by atoms with van der Waals surface area (Å²) in [7, 11) is 0.